The molecule has 6 N–H and O–H groups in total. The molecule has 0 unspecified atom stereocenters. The molecule has 24 heavy (non-hydrogen) atoms. The fraction of sp³-hybridized carbons (Fsp3) is 0.400. The highest BCUT2D eigenvalue weighted by Crippen LogP contribution is 2.11. The topological polar surface area (TPSA) is 148 Å². The first-order chi connectivity index (χ1) is 11.5. The van der Waals surface area contributed by atoms with Crippen LogP contribution in [0.1, 0.15) is 31.1 Å². The molecule has 1 aromatic rings. The van der Waals surface area contributed by atoms with E-state index in [2.05, 4.69) is 16.0 Å². The Bertz CT molecular complexity index is 497. The second-order valence-corrected chi connectivity index (χ2v) is 4.74. The minimum atomic E-state index is -0.544. The lowest BCUT2D eigenvalue weighted by Gasteiger charge is -2.10. The number of nitrogens with one attached hydrogen (secondary N) is 3. The number of amides is 3. The first-order valence-electron chi connectivity index (χ1n) is 7.35. The van der Waals surface area contributed by atoms with Crippen LogP contribution in [0, 0.1) is 0 Å². The van der Waals surface area contributed by atoms with Crippen LogP contribution in [0.5, 0.6) is 0 Å². The summed E-state index contributed by atoms with van der Waals surface area (Å²) in [5.74, 6) is -1.63. The number of carbonyl (C=O) groups excluding carboxylic acids is 3. The number of aliphatic hydroxyl groups is 3. The van der Waals surface area contributed by atoms with Gasteiger partial charge in [-0.3, -0.25) is 14.4 Å². The number of rotatable bonds is 9. The highest BCUT2D eigenvalue weighted by atomic mass is 16.3. The van der Waals surface area contributed by atoms with Crippen LogP contribution in [0.3, 0.4) is 0 Å². The van der Waals surface area contributed by atoms with Crippen LogP contribution in [0.25, 0.3) is 0 Å². The Labute approximate surface area is 138 Å². The maximum Gasteiger partial charge on any atom is 0.251 e. The fourth-order valence-corrected chi connectivity index (χ4v) is 1.84. The van der Waals surface area contributed by atoms with E-state index in [1.165, 1.54) is 18.2 Å². The van der Waals surface area contributed by atoms with Gasteiger partial charge in [0, 0.05) is 36.3 Å². The molecule has 0 aromatic heterocycles. The van der Waals surface area contributed by atoms with Crippen LogP contribution in [0.15, 0.2) is 18.2 Å². The van der Waals surface area contributed by atoms with E-state index in [4.69, 9.17) is 15.3 Å². The van der Waals surface area contributed by atoms with Gasteiger partial charge in [0.1, 0.15) is 0 Å². The van der Waals surface area contributed by atoms with Gasteiger partial charge < -0.3 is 31.3 Å². The number of benzene rings is 1. The number of carbonyl (C=O) groups is 3. The lowest BCUT2D eigenvalue weighted by atomic mass is 10.0. The van der Waals surface area contributed by atoms with E-state index < -0.39 is 17.7 Å². The zero-order valence-electron chi connectivity index (χ0n) is 13.0. The monoisotopic (exact) mass is 339 g/mol. The quantitative estimate of drug-likeness (QED) is 0.302. The average molecular weight is 339 g/mol. The molecule has 9 heteroatoms. The molecule has 0 fully saturated rings. The van der Waals surface area contributed by atoms with Gasteiger partial charge in [0.05, 0.1) is 19.8 Å². The third kappa shape index (κ3) is 5.95. The smallest absolute Gasteiger partial charge is 0.251 e. The Morgan fingerprint density at radius 2 is 0.875 bits per heavy atom. The molecule has 0 atom stereocenters. The molecule has 0 aliphatic rings. The van der Waals surface area contributed by atoms with E-state index in [0.29, 0.717) is 0 Å². The number of hydrogen-bond acceptors (Lipinski definition) is 6. The summed E-state index contributed by atoms with van der Waals surface area (Å²) in [7, 11) is 0. The van der Waals surface area contributed by atoms with E-state index in [1.54, 1.807) is 0 Å². The molecule has 0 heterocycles. The van der Waals surface area contributed by atoms with Gasteiger partial charge >= 0.3 is 0 Å². The van der Waals surface area contributed by atoms with Gasteiger partial charge in [-0.05, 0) is 18.2 Å². The Hall–Kier alpha value is -2.49. The van der Waals surface area contributed by atoms with Crippen molar-refractivity contribution in [2.24, 2.45) is 0 Å². The highest BCUT2D eigenvalue weighted by molar-refractivity contribution is 6.04. The number of hydrogen-bond donors (Lipinski definition) is 6. The maximum atomic E-state index is 12.0. The normalized spacial score (nSPS) is 10.1. The third-order valence-electron chi connectivity index (χ3n) is 2.91. The summed E-state index contributed by atoms with van der Waals surface area (Å²) in [4.78, 5) is 36.0. The van der Waals surface area contributed by atoms with Gasteiger partial charge in [0.25, 0.3) is 17.7 Å². The fourth-order valence-electron chi connectivity index (χ4n) is 1.84. The van der Waals surface area contributed by atoms with Crippen molar-refractivity contribution in [3.63, 3.8) is 0 Å². The van der Waals surface area contributed by atoms with Crippen molar-refractivity contribution in [3.05, 3.63) is 34.9 Å². The lowest BCUT2D eigenvalue weighted by molar-refractivity contribution is 0.0944. The van der Waals surface area contributed by atoms with Crippen molar-refractivity contribution in [3.8, 4) is 0 Å². The second-order valence-electron chi connectivity index (χ2n) is 4.74. The van der Waals surface area contributed by atoms with E-state index >= 15 is 0 Å². The molecule has 1 aromatic carbocycles. The Balaban J connectivity index is 3.11. The van der Waals surface area contributed by atoms with Crippen molar-refractivity contribution < 1.29 is 29.7 Å². The second kappa shape index (κ2) is 10.3. The first kappa shape index (κ1) is 19.6. The predicted octanol–water partition coefficient (Wildman–Crippen LogP) is -2.15. The van der Waals surface area contributed by atoms with Crippen molar-refractivity contribution in [2.45, 2.75) is 0 Å². The zero-order chi connectivity index (χ0) is 17.9. The van der Waals surface area contributed by atoms with E-state index in [0.717, 1.165) is 0 Å². The minimum Gasteiger partial charge on any atom is -0.395 e. The van der Waals surface area contributed by atoms with Crippen molar-refractivity contribution >= 4 is 17.7 Å². The summed E-state index contributed by atoms with van der Waals surface area (Å²) in [6.45, 7) is -0.631. The SMILES string of the molecule is O=C(NCCO)c1cc(C(=O)NCCO)cc(C(=O)NCCO)c1. The maximum absolute atomic E-state index is 12.0. The molecule has 3 amide bonds. The van der Waals surface area contributed by atoms with Crippen LogP contribution < -0.4 is 16.0 Å². The number of aliphatic hydroxyl groups excluding tert-OH is 3. The summed E-state index contributed by atoms with van der Waals surface area (Å²) in [6.07, 6.45) is 0. The van der Waals surface area contributed by atoms with Gasteiger partial charge in [-0.2, -0.15) is 0 Å². The molecule has 0 radical (unpaired) electrons. The van der Waals surface area contributed by atoms with Crippen LogP contribution in [0.2, 0.25) is 0 Å². The summed E-state index contributed by atoms with van der Waals surface area (Å²) >= 11 is 0. The summed E-state index contributed by atoms with van der Waals surface area (Å²) in [5.41, 5.74) is 0.234. The molecule has 0 aliphatic heterocycles. The van der Waals surface area contributed by atoms with Crippen molar-refractivity contribution in [1.82, 2.24) is 16.0 Å². The van der Waals surface area contributed by atoms with Gasteiger partial charge in [0.2, 0.25) is 0 Å². The standard InChI is InChI=1S/C15H21N3O6/c19-4-1-16-13(22)10-7-11(14(23)17-2-5-20)9-12(8-10)15(24)18-3-6-21/h7-9,19-21H,1-6H2,(H,16,22)(H,17,23)(H,18,24). The molecule has 0 bridgehead atoms. The van der Waals surface area contributed by atoms with E-state index in [9.17, 15) is 14.4 Å². The molecule has 0 saturated carbocycles. The van der Waals surface area contributed by atoms with Crippen LogP contribution in [0.4, 0.5) is 0 Å². The molecular weight excluding hydrogens is 318 g/mol. The Morgan fingerprint density at radius 3 is 1.08 bits per heavy atom. The summed E-state index contributed by atoms with van der Waals surface area (Å²) in [5, 5.41) is 33.6. The van der Waals surface area contributed by atoms with Gasteiger partial charge in [-0.1, -0.05) is 0 Å². The average Bonchev–Trinajstić information content (AvgIpc) is 2.61. The van der Waals surface area contributed by atoms with Crippen molar-refractivity contribution in [2.75, 3.05) is 39.5 Å². The Morgan fingerprint density at radius 1 is 0.625 bits per heavy atom. The molecular formula is C15H21N3O6. The highest BCUT2D eigenvalue weighted by Gasteiger charge is 2.16. The van der Waals surface area contributed by atoms with Crippen LogP contribution in [-0.2, 0) is 0 Å². The predicted molar refractivity (Wildman–Crippen MR) is 84.7 cm³/mol. The molecule has 0 spiro atoms. The van der Waals surface area contributed by atoms with Gasteiger partial charge in [0.15, 0.2) is 0 Å². The first-order valence-corrected chi connectivity index (χ1v) is 7.35. The largest absolute Gasteiger partial charge is 0.395 e. The third-order valence-corrected chi connectivity index (χ3v) is 2.91. The molecule has 9 nitrogen and oxygen atoms in total. The van der Waals surface area contributed by atoms with E-state index in [-0.39, 0.29) is 56.1 Å². The van der Waals surface area contributed by atoms with Crippen LogP contribution in [-0.4, -0.2) is 72.5 Å². The summed E-state index contributed by atoms with van der Waals surface area (Å²) in [6, 6.07) is 3.92. The molecule has 132 valence electrons. The minimum absolute atomic E-state index is 0.0335. The molecule has 1 rings (SSSR count). The van der Waals surface area contributed by atoms with Gasteiger partial charge in [-0.15, -0.1) is 0 Å². The van der Waals surface area contributed by atoms with Crippen molar-refractivity contribution in [1.29, 1.82) is 0 Å². The molecule has 0 aliphatic carbocycles. The molecule has 0 saturated heterocycles. The van der Waals surface area contributed by atoms with Gasteiger partial charge in [-0.25, -0.2) is 0 Å². The van der Waals surface area contributed by atoms with Crippen LogP contribution >= 0.6 is 0 Å². The Kier molecular flexibility index (Phi) is 8.41. The zero-order valence-corrected chi connectivity index (χ0v) is 13.0. The van der Waals surface area contributed by atoms with E-state index in [1.807, 2.05) is 0 Å². The lowest BCUT2D eigenvalue weighted by Crippen LogP contribution is -2.30. The summed E-state index contributed by atoms with van der Waals surface area (Å²) < 4.78 is 0.